The van der Waals surface area contributed by atoms with E-state index in [0.717, 1.165) is 5.56 Å². The summed E-state index contributed by atoms with van der Waals surface area (Å²) in [4.78, 5) is 32.6. The Bertz CT molecular complexity index is 889. The van der Waals surface area contributed by atoms with Gasteiger partial charge in [-0.1, -0.05) is 0 Å². The van der Waals surface area contributed by atoms with E-state index in [1.54, 1.807) is 35.6 Å². The third-order valence-corrected chi connectivity index (χ3v) is 5.09. The fourth-order valence-electron chi connectivity index (χ4n) is 3.67. The number of nitrogens with zero attached hydrogens (tertiary/aromatic N) is 6. The van der Waals surface area contributed by atoms with Gasteiger partial charge >= 0.3 is 0 Å². The van der Waals surface area contributed by atoms with Gasteiger partial charge in [0.25, 0.3) is 5.91 Å². The van der Waals surface area contributed by atoms with Crippen LogP contribution in [0.3, 0.4) is 0 Å². The van der Waals surface area contributed by atoms with Gasteiger partial charge in [-0.25, -0.2) is 19.4 Å². The van der Waals surface area contributed by atoms with Crippen molar-refractivity contribution >= 4 is 11.9 Å². The van der Waals surface area contributed by atoms with Gasteiger partial charge in [-0.15, -0.1) is 0 Å². The summed E-state index contributed by atoms with van der Waals surface area (Å²) in [6.07, 6.45) is 5.88. The first-order valence-corrected chi connectivity index (χ1v) is 9.14. The van der Waals surface area contributed by atoms with E-state index >= 15 is 0 Å². The molecule has 4 rings (SSSR count). The van der Waals surface area contributed by atoms with Crippen LogP contribution in [0.1, 0.15) is 30.0 Å². The minimum Gasteiger partial charge on any atom is -0.338 e. The number of piperidine rings is 1. The summed E-state index contributed by atoms with van der Waals surface area (Å²) in [6.45, 7) is 0.913. The van der Waals surface area contributed by atoms with Crippen molar-refractivity contribution in [3.63, 3.8) is 0 Å². The van der Waals surface area contributed by atoms with Gasteiger partial charge in [0.15, 0.2) is 0 Å². The largest absolute Gasteiger partial charge is 0.338 e. The van der Waals surface area contributed by atoms with E-state index in [0.29, 0.717) is 37.5 Å². The molecule has 2 saturated heterocycles. The molecular weight excluding hydrogens is 363 g/mol. The lowest BCUT2D eigenvalue weighted by molar-refractivity contribution is -0.184. The summed E-state index contributed by atoms with van der Waals surface area (Å²) in [5, 5.41) is 10.3. The molecule has 8 nitrogen and oxygen atoms in total. The lowest BCUT2D eigenvalue weighted by atomic mass is 9.93. The van der Waals surface area contributed by atoms with Gasteiger partial charge in [0.05, 0.1) is 30.7 Å². The molecule has 28 heavy (non-hydrogen) atoms. The zero-order chi connectivity index (χ0) is 19.5. The van der Waals surface area contributed by atoms with Crippen LogP contribution in [-0.2, 0) is 9.63 Å². The lowest BCUT2D eigenvalue weighted by Crippen LogP contribution is -2.49. The fraction of sp³-hybridized carbons (Fsp3) is 0.421. The van der Waals surface area contributed by atoms with Crippen LogP contribution in [0.2, 0.25) is 0 Å². The van der Waals surface area contributed by atoms with Crippen molar-refractivity contribution in [2.24, 2.45) is 5.92 Å². The van der Waals surface area contributed by atoms with E-state index in [1.165, 1.54) is 11.3 Å². The highest BCUT2D eigenvalue weighted by Gasteiger charge is 2.42. The van der Waals surface area contributed by atoms with E-state index in [4.69, 9.17) is 10.1 Å². The highest BCUT2D eigenvalue weighted by atomic mass is 19.1. The van der Waals surface area contributed by atoms with Crippen molar-refractivity contribution in [3.8, 4) is 6.07 Å². The molecule has 0 spiro atoms. The number of rotatable bonds is 3. The van der Waals surface area contributed by atoms with Crippen molar-refractivity contribution in [2.75, 3.05) is 24.6 Å². The molecule has 2 aliphatic heterocycles. The minimum absolute atomic E-state index is 0.0599. The Morgan fingerprint density at radius 3 is 2.86 bits per heavy atom. The van der Waals surface area contributed by atoms with Gasteiger partial charge in [-0.2, -0.15) is 5.26 Å². The van der Waals surface area contributed by atoms with Crippen molar-refractivity contribution in [1.82, 2.24) is 20.0 Å². The number of carbonyl (C=O) groups excluding carboxylic acids is 1. The van der Waals surface area contributed by atoms with E-state index in [2.05, 4.69) is 15.0 Å². The molecule has 9 heteroatoms. The maximum absolute atomic E-state index is 14.9. The topological polar surface area (TPSA) is 95.2 Å². The molecule has 1 amide bonds. The number of halogens is 1. The first kappa shape index (κ1) is 18.3. The molecule has 144 valence electrons. The summed E-state index contributed by atoms with van der Waals surface area (Å²) in [5.74, 6) is -0.690. The Morgan fingerprint density at radius 2 is 2.11 bits per heavy atom. The predicted molar refractivity (Wildman–Crippen MR) is 96.4 cm³/mol. The zero-order valence-electron chi connectivity index (χ0n) is 15.1. The van der Waals surface area contributed by atoms with Gasteiger partial charge in [-0.3, -0.25) is 14.6 Å². The summed E-state index contributed by atoms with van der Waals surface area (Å²) in [6, 6.07) is 5.07. The quantitative estimate of drug-likeness (QED) is 0.799. The average Bonchev–Trinajstić information content (AvgIpc) is 3.24. The Labute approximate surface area is 161 Å². The third-order valence-electron chi connectivity index (χ3n) is 5.09. The Hall–Kier alpha value is -3.12. The lowest BCUT2D eigenvalue weighted by Gasteiger charge is -2.36. The molecule has 0 N–H and O–H groups in total. The van der Waals surface area contributed by atoms with Crippen LogP contribution in [0.4, 0.5) is 10.3 Å². The maximum atomic E-state index is 14.9. The van der Waals surface area contributed by atoms with E-state index in [1.807, 2.05) is 6.07 Å². The first-order chi connectivity index (χ1) is 13.7. The monoisotopic (exact) mass is 382 g/mol. The molecule has 0 unspecified atom stereocenters. The number of hydrogen-bond acceptors (Lipinski definition) is 7. The highest BCUT2D eigenvalue weighted by Crippen LogP contribution is 2.34. The van der Waals surface area contributed by atoms with Crippen LogP contribution in [-0.4, -0.2) is 51.8 Å². The normalized spacial score (nSPS) is 24.8. The number of alkyl halides is 1. The van der Waals surface area contributed by atoms with Crippen LogP contribution in [0.15, 0.2) is 36.9 Å². The Balaban J connectivity index is 1.47. The van der Waals surface area contributed by atoms with Gasteiger partial charge in [0.1, 0.15) is 12.2 Å². The van der Waals surface area contributed by atoms with E-state index in [9.17, 15) is 9.18 Å². The maximum Gasteiger partial charge on any atom is 0.252 e. The molecule has 2 aromatic heterocycles. The molecule has 3 atom stereocenters. The third kappa shape index (κ3) is 3.51. The van der Waals surface area contributed by atoms with Crippen molar-refractivity contribution in [2.45, 2.75) is 25.1 Å². The molecule has 4 heterocycles. The smallest absolute Gasteiger partial charge is 0.252 e. The second-order valence-electron chi connectivity index (χ2n) is 6.83. The molecule has 0 radical (unpaired) electrons. The Morgan fingerprint density at radius 1 is 1.29 bits per heavy atom. The van der Waals surface area contributed by atoms with Crippen LogP contribution in [0.25, 0.3) is 0 Å². The van der Waals surface area contributed by atoms with Crippen molar-refractivity contribution < 1.29 is 14.0 Å². The van der Waals surface area contributed by atoms with Gasteiger partial charge in [-0.05, 0) is 24.1 Å². The number of anilines is 1. The number of pyridine rings is 1. The molecule has 0 aliphatic carbocycles. The summed E-state index contributed by atoms with van der Waals surface area (Å²) in [7, 11) is 0. The summed E-state index contributed by atoms with van der Waals surface area (Å²) in [5.41, 5.74) is 1.13. The molecular formula is C19H19FN6O2. The number of aromatic nitrogens is 3. The molecule has 0 aromatic carbocycles. The molecule has 0 bridgehead atoms. The number of hydroxylamine groups is 2. The Kier molecular flexibility index (Phi) is 5.12. The van der Waals surface area contributed by atoms with Crippen LogP contribution >= 0.6 is 0 Å². The molecule has 2 aliphatic rings. The number of amides is 1. The molecule has 0 saturated carbocycles. The van der Waals surface area contributed by atoms with E-state index in [-0.39, 0.29) is 18.5 Å². The average molecular weight is 382 g/mol. The zero-order valence-corrected chi connectivity index (χ0v) is 15.1. The number of nitriles is 1. The van der Waals surface area contributed by atoms with E-state index < -0.39 is 12.1 Å². The first-order valence-electron chi connectivity index (χ1n) is 9.14. The predicted octanol–water partition coefficient (Wildman–Crippen LogP) is 1.81. The number of hydrogen-bond donors (Lipinski definition) is 0. The minimum atomic E-state index is -1.35. The fourth-order valence-corrected chi connectivity index (χ4v) is 3.67. The van der Waals surface area contributed by atoms with Crippen molar-refractivity contribution in [3.05, 3.63) is 48.0 Å². The second kappa shape index (κ2) is 7.86. The number of carbonyl (C=O) groups is 1. The summed E-state index contributed by atoms with van der Waals surface area (Å²) < 4.78 is 14.9. The highest BCUT2D eigenvalue weighted by molar-refractivity contribution is 5.79. The molecule has 2 fully saturated rings. The van der Waals surface area contributed by atoms with Gasteiger partial charge in [0, 0.05) is 37.8 Å². The summed E-state index contributed by atoms with van der Waals surface area (Å²) >= 11 is 0. The van der Waals surface area contributed by atoms with Gasteiger partial charge < -0.3 is 4.90 Å². The SMILES string of the molecule is N#Cc1cncc([C@@H]2CCON2C(=O)[C@H]2CCN(c3ncccn3)C[C@H]2F)c1. The van der Waals surface area contributed by atoms with Gasteiger partial charge in [0.2, 0.25) is 5.95 Å². The van der Waals surface area contributed by atoms with Crippen LogP contribution in [0, 0.1) is 17.2 Å². The molecule has 2 aromatic rings. The standard InChI is InChI=1S/C19H19FN6O2/c20-16-12-25(19-23-4-1-5-24-19)6-2-15(16)18(27)26-17(3-7-28-26)14-8-13(9-21)10-22-11-14/h1,4-5,8,10-11,15-17H,2-3,6-7,12H2/t15-,16+,17-/m0/s1. The second-order valence-corrected chi connectivity index (χ2v) is 6.83. The van der Waals surface area contributed by atoms with Crippen LogP contribution in [0.5, 0.6) is 0 Å². The van der Waals surface area contributed by atoms with Crippen LogP contribution < -0.4 is 4.90 Å². The van der Waals surface area contributed by atoms with Crippen molar-refractivity contribution in [1.29, 1.82) is 5.26 Å².